The molecule has 0 aromatic heterocycles. The predicted octanol–water partition coefficient (Wildman–Crippen LogP) is 3.81. The summed E-state index contributed by atoms with van der Waals surface area (Å²) in [4.78, 5) is 6.10. The van der Waals surface area contributed by atoms with Gasteiger partial charge in [-0.15, -0.1) is 0 Å². The minimum absolute atomic E-state index is 0.492. The third-order valence-electron chi connectivity index (χ3n) is 5.32. The van der Waals surface area contributed by atoms with Crippen LogP contribution >= 0.6 is 0 Å². The number of fused-ring (bicyclic) bond motifs is 2. The normalized spacial score (nSPS) is 19.0. The highest BCUT2D eigenvalue weighted by atomic mass is 16.7. The van der Waals surface area contributed by atoms with Crippen molar-refractivity contribution in [2.45, 2.75) is 6.54 Å². The van der Waals surface area contributed by atoms with E-state index in [0.29, 0.717) is 72.6 Å². The monoisotopic (exact) mass is 425 g/mol. The van der Waals surface area contributed by atoms with Crippen LogP contribution < -0.4 is 0 Å². The zero-order chi connectivity index (χ0) is 21.1. The smallest absolute Gasteiger partial charge is 0.0919 e. The molecule has 6 heteroatoms. The van der Waals surface area contributed by atoms with E-state index in [-0.39, 0.29) is 0 Å². The van der Waals surface area contributed by atoms with Crippen LogP contribution in [0.3, 0.4) is 0 Å². The second kappa shape index (κ2) is 12.1. The molecule has 0 bridgehead atoms. The highest BCUT2D eigenvalue weighted by Crippen LogP contribution is 2.29. The molecule has 0 spiro atoms. The Kier molecular flexibility index (Phi) is 8.64. The molecule has 0 N–H and O–H groups in total. The minimum atomic E-state index is 0.492. The van der Waals surface area contributed by atoms with Crippen molar-refractivity contribution in [1.29, 1.82) is 0 Å². The number of rotatable bonds is 2. The Bertz CT molecular complexity index is 877. The highest BCUT2D eigenvalue weighted by molar-refractivity contribution is 6.02. The first-order valence-electron chi connectivity index (χ1n) is 11.0. The number of hydrogen-bond acceptors (Lipinski definition) is 6. The van der Waals surface area contributed by atoms with Gasteiger partial charge >= 0.3 is 0 Å². The lowest BCUT2D eigenvalue weighted by Crippen LogP contribution is -2.30. The molecule has 6 nitrogen and oxygen atoms in total. The molecule has 0 radical (unpaired) electrons. The maximum atomic E-state index is 6.10. The number of nitrogens with zero attached hydrogens (tertiary/aromatic N) is 1. The van der Waals surface area contributed by atoms with Gasteiger partial charge in [0.05, 0.1) is 66.0 Å². The highest BCUT2D eigenvalue weighted by Gasteiger charge is 2.13. The molecule has 3 aromatic rings. The fraction of sp³-hybridized carbons (Fsp3) is 0.440. The van der Waals surface area contributed by atoms with Gasteiger partial charge in [-0.05, 0) is 33.2 Å². The van der Waals surface area contributed by atoms with E-state index < -0.39 is 0 Å². The Labute approximate surface area is 183 Å². The average Bonchev–Trinajstić information content (AvgIpc) is 2.80. The van der Waals surface area contributed by atoms with E-state index in [1.807, 2.05) is 5.06 Å². The standard InChI is InChI=1S/C25H31NO5/c1-3-7-23-21(5-1)19-22-6-2-4-8-24(22)25(23)20-26-9-10-27-11-12-28-13-14-29-15-16-30-17-18-31-26/h1-8,19H,9-18,20H2. The van der Waals surface area contributed by atoms with Gasteiger partial charge in [0.15, 0.2) is 0 Å². The van der Waals surface area contributed by atoms with Crippen molar-refractivity contribution in [2.75, 3.05) is 66.0 Å². The summed E-state index contributed by atoms with van der Waals surface area (Å²) in [5, 5.41) is 6.96. The van der Waals surface area contributed by atoms with Crippen LogP contribution in [0.4, 0.5) is 0 Å². The first-order chi connectivity index (χ1) is 15.4. The lowest BCUT2D eigenvalue weighted by atomic mass is 9.96. The maximum Gasteiger partial charge on any atom is 0.0919 e. The molecular formula is C25H31NO5. The summed E-state index contributed by atoms with van der Waals surface area (Å²) < 4.78 is 22.4. The molecule has 4 rings (SSSR count). The number of benzene rings is 3. The fourth-order valence-electron chi connectivity index (χ4n) is 3.80. The summed E-state index contributed by atoms with van der Waals surface area (Å²) in [5.74, 6) is 0. The van der Waals surface area contributed by atoms with E-state index in [9.17, 15) is 0 Å². The zero-order valence-electron chi connectivity index (χ0n) is 18.0. The van der Waals surface area contributed by atoms with Crippen molar-refractivity contribution < 1.29 is 23.8 Å². The molecular weight excluding hydrogens is 394 g/mol. The average molecular weight is 426 g/mol. The van der Waals surface area contributed by atoms with Crippen LogP contribution in [0.5, 0.6) is 0 Å². The molecule has 3 aromatic carbocycles. The molecule has 31 heavy (non-hydrogen) atoms. The second-order valence-corrected chi connectivity index (χ2v) is 7.44. The van der Waals surface area contributed by atoms with E-state index in [1.54, 1.807) is 0 Å². The number of hydroxylamine groups is 2. The molecule has 1 aliphatic rings. The largest absolute Gasteiger partial charge is 0.378 e. The summed E-state index contributed by atoms with van der Waals surface area (Å²) in [6, 6.07) is 19.3. The predicted molar refractivity (Wildman–Crippen MR) is 121 cm³/mol. The molecule has 0 aliphatic carbocycles. The Morgan fingerprint density at radius 2 is 1.06 bits per heavy atom. The third kappa shape index (κ3) is 6.46. The Hall–Kier alpha value is -2.06. The van der Waals surface area contributed by atoms with Crippen LogP contribution in [0, 0.1) is 0 Å². The minimum Gasteiger partial charge on any atom is -0.378 e. The number of ether oxygens (including phenoxy) is 4. The van der Waals surface area contributed by atoms with E-state index in [2.05, 4.69) is 54.6 Å². The van der Waals surface area contributed by atoms with Crippen LogP contribution in [0.1, 0.15) is 5.56 Å². The first-order valence-corrected chi connectivity index (χ1v) is 11.0. The van der Waals surface area contributed by atoms with Crippen molar-refractivity contribution in [3.05, 3.63) is 60.2 Å². The molecule has 0 unspecified atom stereocenters. The summed E-state index contributed by atoms with van der Waals surface area (Å²) in [5.41, 5.74) is 1.26. The molecule has 0 amide bonds. The van der Waals surface area contributed by atoms with Gasteiger partial charge in [-0.2, -0.15) is 5.06 Å². The molecule has 0 atom stereocenters. The molecule has 0 saturated carbocycles. The van der Waals surface area contributed by atoms with Crippen molar-refractivity contribution in [3.8, 4) is 0 Å². The van der Waals surface area contributed by atoms with Gasteiger partial charge in [-0.25, -0.2) is 0 Å². The van der Waals surface area contributed by atoms with Gasteiger partial charge in [-0.1, -0.05) is 48.5 Å². The van der Waals surface area contributed by atoms with E-state index in [0.717, 1.165) is 0 Å². The van der Waals surface area contributed by atoms with E-state index >= 15 is 0 Å². The fourth-order valence-corrected chi connectivity index (χ4v) is 3.80. The molecule has 166 valence electrons. The lowest BCUT2D eigenvalue weighted by molar-refractivity contribution is -0.184. The Balaban J connectivity index is 1.51. The molecule has 1 aliphatic heterocycles. The van der Waals surface area contributed by atoms with Gasteiger partial charge in [0.25, 0.3) is 0 Å². The van der Waals surface area contributed by atoms with Crippen molar-refractivity contribution >= 4 is 21.5 Å². The van der Waals surface area contributed by atoms with Crippen molar-refractivity contribution in [3.63, 3.8) is 0 Å². The molecule has 1 saturated heterocycles. The Morgan fingerprint density at radius 1 is 0.581 bits per heavy atom. The zero-order valence-corrected chi connectivity index (χ0v) is 18.0. The second-order valence-electron chi connectivity index (χ2n) is 7.44. The third-order valence-corrected chi connectivity index (χ3v) is 5.32. The van der Waals surface area contributed by atoms with Gasteiger partial charge in [0.2, 0.25) is 0 Å². The summed E-state index contributed by atoms with van der Waals surface area (Å²) in [7, 11) is 0. The van der Waals surface area contributed by atoms with Crippen molar-refractivity contribution in [2.24, 2.45) is 0 Å². The summed E-state index contributed by atoms with van der Waals surface area (Å²) in [6.07, 6.45) is 0. The van der Waals surface area contributed by atoms with E-state index in [1.165, 1.54) is 27.1 Å². The maximum absolute atomic E-state index is 6.10. The van der Waals surface area contributed by atoms with Gasteiger partial charge in [0.1, 0.15) is 0 Å². The van der Waals surface area contributed by atoms with Gasteiger partial charge < -0.3 is 18.9 Å². The molecule has 1 fully saturated rings. The van der Waals surface area contributed by atoms with Crippen LogP contribution in [0.2, 0.25) is 0 Å². The molecule has 1 heterocycles. The van der Waals surface area contributed by atoms with Crippen LogP contribution in [-0.4, -0.2) is 71.1 Å². The Morgan fingerprint density at radius 3 is 1.65 bits per heavy atom. The van der Waals surface area contributed by atoms with E-state index in [4.69, 9.17) is 23.8 Å². The van der Waals surface area contributed by atoms with Crippen molar-refractivity contribution in [1.82, 2.24) is 5.06 Å². The quantitative estimate of drug-likeness (QED) is 0.582. The van der Waals surface area contributed by atoms with Crippen LogP contribution in [0.25, 0.3) is 21.5 Å². The lowest BCUT2D eigenvalue weighted by Gasteiger charge is -2.24. The van der Waals surface area contributed by atoms with Gasteiger partial charge in [-0.3, -0.25) is 4.84 Å². The summed E-state index contributed by atoms with van der Waals surface area (Å²) >= 11 is 0. The van der Waals surface area contributed by atoms with Crippen LogP contribution in [0.15, 0.2) is 54.6 Å². The van der Waals surface area contributed by atoms with Crippen LogP contribution in [-0.2, 0) is 30.3 Å². The van der Waals surface area contributed by atoms with Gasteiger partial charge in [0, 0.05) is 6.54 Å². The topological polar surface area (TPSA) is 49.4 Å². The first kappa shape index (κ1) is 22.1. The summed E-state index contributed by atoms with van der Waals surface area (Å²) in [6.45, 7) is 6.32. The SMILES string of the molecule is c1ccc2c(CN3CCOCCOCCOCCOCCO3)c3ccccc3cc2c1. The number of hydrogen-bond donors (Lipinski definition) is 0.